The second kappa shape index (κ2) is 9.48. The molecule has 0 saturated heterocycles. The zero-order valence-corrected chi connectivity index (χ0v) is 17.7. The smallest absolute Gasteiger partial charge is 0.265 e. The summed E-state index contributed by atoms with van der Waals surface area (Å²) in [6.07, 6.45) is 0. The van der Waals surface area contributed by atoms with Crippen LogP contribution in [0.3, 0.4) is 0 Å². The topological polar surface area (TPSA) is 93.7 Å². The van der Waals surface area contributed by atoms with Gasteiger partial charge in [-0.3, -0.25) is 9.52 Å². The molecule has 7 nitrogen and oxygen atoms in total. The lowest BCUT2D eigenvalue weighted by Crippen LogP contribution is -2.16. The van der Waals surface area contributed by atoms with E-state index in [1.54, 1.807) is 24.3 Å². The number of carbonyl (C=O) groups excluding carboxylic acids is 1. The van der Waals surface area contributed by atoms with E-state index in [4.69, 9.17) is 9.47 Å². The number of nitrogens with one attached hydrogen (secondary N) is 2. The van der Waals surface area contributed by atoms with Gasteiger partial charge in [0, 0.05) is 16.9 Å². The molecule has 162 valence electrons. The first-order valence-corrected chi connectivity index (χ1v) is 10.8. The fourth-order valence-electron chi connectivity index (χ4n) is 2.79. The summed E-state index contributed by atoms with van der Waals surface area (Å²) in [4.78, 5) is 12.2. The molecule has 0 heterocycles. The van der Waals surface area contributed by atoms with Gasteiger partial charge in [-0.2, -0.15) is 0 Å². The second-order valence-corrected chi connectivity index (χ2v) is 8.04. The maximum absolute atomic E-state index is 13.4. The number of carbonyl (C=O) groups is 1. The Kier molecular flexibility index (Phi) is 6.76. The van der Waals surface area contributed by atoms with Crippen LogP contribution in [0.5, 0.6) is 11.5 Å². The summed E-state index contributed by atoms with van der Waals surface area (Å²) in [7, 11) is -2.69. The van der Waals surface area contributed by atoms with Gasteiger partial charge in [-0.15, -0.1) is 0 Å². The zero-order chi connectivity index (χ0) is 22.4. The summed E-state index contributed by atoms with van der Waals surface area (Å²) >= 11 is 0. The first-order chi connectivity index (χ1) is 14.8. The third-order valence-corrected chi connectivity index (χ3v) is 5.62. The fraction of sp³-hybridized carbons (Fsp3) is 0.136. The Bertz CT molecular complexity index is 1180. The molecule has 0 saturated carbocycles. The first kappa shape index (κ1) is 22.1. The van der Waals surface area contributed by atoms with Crippen LogP contribution >= 0.6 is 0 Å². The summed E-state index contributed by atoms with van der Waals surface area (Å²) in [5.41, 5.74) is 0.648. The van der Waals surface area contributed by atoms with Crippen molar-refractivity contribution in [2.45, 2.75) is 11.8 Å². The molecular formula is C22H21FN2O5S. The molecule has 1 amide bonds. The minimum atomic E-state index is -4.04. The third-order valence-electron chi connectivity index (χ3n) is 4.22. The summed E-state index contributed by atoms with van der Waals surface area (Å²) in [5, 5.41) is 2.56. The van der Waals surface area contributed by atoms with E-state index in [1.807, 2.05) is 6.92 Å². The Morgan fingerprint density at radius 1 is 1.00 bits per heavy atom. The van der Waals surface area contributed by atoms with Crippen molar-refractivity contribution in [3.05, 3.63) is 78.1 Å². The highest BCUT2D eigenvalue weighted by Gasteiger charge is 2.21. The molecule has 3 aromatic carbocycles. The minimum absolute atomic E-state index is 0.0993. The molecule has 2 N–H and O–H groups in total. The van der Waals surface area contributed by atoms with Crippen LogP contribution in [0.2, 0.25) is 0 Å². The monoisotopic (exact) mass is 444 g/mol. The molecule has 3 aromatic rings. The van der Waals surface area contributed by atoms with E-state index in [2.05, 4.69) is 10.0 Å². The van der Waals surface area contributed by atoms with Gasteiger partial charge in [-0.25, -0.2) is 12.8 Å². The van der Waals surface area contributed by atoms with Gasteiger partial charge in [0.1, 0.15) is 22.2 Å². The van der Waals surface area contributed by atoms with Crippen LogP contribution in [0.4, 0.5) is 15.8 Å². The maximum atomic E-state index is 13.4. The highest BCUT2D eigenvalue weighted by Crippen LogP contribution is 2.29. The van der Waals surface area contributed by atoms with Crippen molar-refractivity contribution in [2.24, 2.45) is 0 Å². The highest BCUT2D eigenvalue weighted by atomic mass is 32.2. The number of rotatable bonds is 8. The van der Waals surface area contributed by atoms with Crippen molar-refractivity contribution in [3.8, 4) is 11.5 Å². The average molecular weight is 444 g/mol. The van der Waals surface area contributed by atoms with Gasteiger partial charge in [0.15, 0.2) is 0 Å². The largest absolute Gasteiger partial charge is 0.495 e. The zero-order valence-electron chi connectivity index (χ0n) is 16.9. The summed E-state index contributed by atoms with van der Waals surface area (Å²) in [5.74, 6) is -0.412. The SMILES string of the molecule is CCOc1ccc(NS(=O)(=O)c2cc(NC(=O)c3cccc(F)c3)ccc2OC)cc1. The lowest BCUT2D eigenvalue weighted by molar-refractivity contribution is 0.102. The Hall–Kier alpha value is -3.59. The summed E-state index contributed by atoms with van der Waals surface area (Å²) < 4.78 is 52.3. The summed E-state index contributed by atoms with van der Waals surface area (Å²) in [6.45, 7) is 2.35. The number of hydrogen-bond donors (Lipinski definition) is 2. The van der Waals surface area contributed by atoms with E-state index in [0.29, 0.717) is 18.0 Å². The van der Waals surface area contributed by atoms with E-state index in [1.165, 1.54) is 43.5 Å². The van der Waals surface area contributed by atoms with Crippen molar-refractivity contribution in [3.63, 3.8) is 0 Å². The Morgan fingerprint density at radius 2 is 1.71 bits per heavy atom. The fourth-order valence-corrected chi connectivity index (χ4v) is 4.05. The molecule has 9 heteroatoms. The lowest BCUT2D eigenvalue weighted by atomic mass is 10.2. The first-order valence-electron chi connectivity index (χ1n) is 9.33. The molecule has 0 aliphatic carbocycles. The number of amides is 1. The Labute approximate surface area is 179 Å². The molecule has 0 bridgehead atoms. The van der Waals surface area contributed by atoms with E-state index < -0.39 is 21.7 Å². The van der Waals surface area contributed by atoms with Gasteiger partial charge in [0.05, 0.1) is 13.7 Å². The van der Waals surface area contributed by atoms with Crippen LogP contribution in [0.1, 0.15) is 17.3 Å². The Balaban J connectivity index is 1.86. The van der Waals surface area contributed by atoms with Crippen molar-refractivity contribution in [1.82, 2.24) is 0 Å². The molecule has 0 atom stereocenters. The average Bonchev–Trinajstić information content (AvgIpc) is 2.75. The standard InChI is InChI=1S/C22H21FN2O5S/c1-3-30-19-10-7-17(8-11-19)25-31(27,28)21-14-18(9-12-20(21)29-2)24-22(26)15-5-4-6-16(23)13-15/h4-14,25H,3H2,1-2H3,(H,24,26). The van der Waals surface area contributed by atoms with E-state index >= 15 is 0 Å². The number of methoxy groups -OCH3 is 1. The third kappa shape index (κ3) is 5.52. The number of halogens is 1. The molecule has 0 aliphatic heterocycles. The van der Waals surface area contributed by atoms with Crippen LogP contribution in [-0.2, 0) is 10.0 Å². The van der Waals surface area contributed by atoms with Gasteiger partial charge >= 0.3 is 0 Å². The number of benzene rings is 3. The number of hydrogen-bond acceptors (Lipinski definition) is 5. The molecule has 0 aliphatic rings. The van der Waals surface area contributed by atoms with Gasteiger partial charge in [0.2, 0.25) is 0 Å². The van der Waals surface area contributed by atoms with Gasteiger partial charge in [-0.05, 0) is 67.6 Å². The molecule has 3 rings (SSSR count). The number of anilines is 2. The number of ether oxygens (including phenoxy) is 2. The predicted molar refractivity (Wildman–Crippen MR) is 116 cm³/mol. The van der Waals surface area contributed by atoms with E-state index in [9.17, 15) is 17.6 Å². The molecule has 0 spiro atoms. The van der Waals surface area contributed by atoms with Crippen molar-refractivity contribution < 1.29 is 27.1 Å². The van der Waals surface area contributed by atoms with Gasteiger partial charge < -0.3 is 14.8 Å². The van der Waals surface area contributed by atoms with Gasteiger partial charge in [0.25, 0.3) is 15.9 Å². The molecule has 31 heavy (non-hydrogen) atoms. The second-order valence-electron chi connectivity index (χ2n) is 6.39. The van der Waals surface area contributed by atoms with E-state index in [0.717, 1.165) is 6.07 Å². The maximum Gasteiger partial charge on any atom is 0.265 e. The quantitative estimate of drug-likeness (QED) is 0.541. The van der Waals surface area contributed by atoms with Crippen molar-refractivity contribution in [2.75, 3.05) is 23.8 Å². The van der Waals surface area contributed by atoms with Crippen LogP contribution in [0.15, 0.2) is 71.6 Å². The highest BCUT2D eigenvalue weighted by molar-refractivity contribution is 7.92. The predicted octanol–water partition coefficient (Wildman–Crippen LogP) is 4.29. The van der Waals surface area contributed by atoms with Crippen LogP contribution in [0, 0.1) is 5.82 Å². The number of sulfonamides is 1. The van der Waals surface area contributed by atoms with Crippen LogP contribution in [-0.4, -0.2) is 28.0 Å². The minimum Gasteiger partial charge on any atom is -0.495 e. The molecule has 0 unspecified atom stereocenters. The van der Waals surface area contributed by atoms with Crippen molar-refractivity contribution >= 4 is 27.3 Å². The van der Waals surface area contributed by atoms with E-state index in [-0.39, 0.29) is 21.9 Å². The Morgan fingerprint density at radius 3 is 2.35 bits per heavy atom. The summed E-state index contributed by atoms with van der Waals surface area (Å²) in [6, 6.07) is 15.8. The lowest BCUT2D eigenvalue weighted by Gasteiger charge is -2.14. The van der Waals surface area contributed by atoms with Crippen molar-refractivity contribution in [1.29, 1.82) is 0 Å². The molecular weight excluding hydrogens is 423 g/mol. The molecule has 0 fully saturated rings. The molecule has 0 aromatic heterocycles. The van der Waals surface area contributed by atoms with Crippen LogP contribution in [0.25, 0.3) is 0 Å². The normalized spacial score (nSPS) is 10.9. The van der Waals surface area contributed by atoms with Gasteiger partial charge in [-0.1, -0.05) is 6.07 Å². The molecule has 0 radical (unpaired) electrons. The van der Waals surface area contributed by atoms with Crippen LogP contribution < -0.4 is 19.5 Å².